The SMILES string of the molecule is [B]C(=O)OCc1ccc(NC(=O)CNC(=O)C(NC(=O)CCCCCN(C)C(=O)CC(C=O)SC(C)C)C(C)C)cc1. The van der Waals surface area contributed by atoms with Crippen molar-refractivity contribution in [2.75, 3.05) is 25.5 Å². The molecule has 0 aliphatic carbocycles. The van der Waals surface area contributed by atoms with E-state index < -0.39 is 23.7 Å². The summed E-state index contributed by atoms with van der Waals surface area (Å²) >= 11 is 1.47. The van der Waals surface area contributed by atoms with Crippen LogP contribution in [-0.4, -0.2) is 85.2 Å². The predicted octanol–water partition coefficient (Wildman–Crippen LogP) is 2.81. The van der Waals surface area contributed by atoms with Gasteiger partial charge in [-0.25, -0.2) is 0 Å². The lowest BCUT2D eigenvalue weighted by Crippen LogP contribution is -2.51. The second kappa shape index (κ2) is 19.7. The Kier molecular flexibility index (Phi) is 17.2. The third-order valence-corrected chi connectivity index (χ3v) is 7.28. The molecule has 0 bridgehead atoms. The highest BCUT2D eigenvalue weighted by Crippen LogP contribution is 2.19. The lowest BCUT2D eigenvalue weighted by molar-refractivity contribution is -0.131. The number of nitrogens with zero attached hydrogens (tertiary/aromatic N) is 1. The van der Waals surface area contributed by atoms with Crippen LogP contribution in [0.3, 0.4) is 0 Å². The highest BCUT2D eigenvalue weighted by atomic mass is 32.2. The quantitative estimate of drug-likeness (QED) is 0.124. The number of carbonyl (C=O) groups is 6. The van der Waals surface area contributed by atoms with Crippen LogP contribution < -0.4 is 16.0 Å². The average Bonchev–Trinajstić information content (AvgIpc) is 2.93. The van der Waals surface area contributed by atoms with Gasteiger partial charge in [-0.05, 0) is 41.7 Å². The maximum atomic E-state index is 12.7. The minimum Gasteiger partial charge on any atom is -0.470 e. The van der Waals surface area contributed by atoms with E-state index in [1.165, 1.54) is 11.8 Å². The number of carbonyl (C=O) groups excluding carboxylic acids is 6. The number of aldehydes is 1. The van der Waals surface area contributed by atoms with Crippen LogP contribution in [0.15, 0.2) is 24.3 Å². The number of nitrogens with one attached hydrogen (secondary N) is 3. The zero-order valence-electron chi connectivity index (χ0n) is 25.1. The summed E-state index contributed by atoms with van der Waals surface area (Å²) in [6.45, 7) is 7.84. The van der Waals surface area contributed by atoms with Crippen LogP contribution in [0.4, 0.5) is 10.5 Å². The molecule has 42 heavy (non-hydrogen) atoms. The summed E-state index contributed by atoms with van der Waals surface area (Å²) < 4.78 is 4.71. The fraction of sp³-hybridized carbons (Fsp3) is 0.586. The number of thioether (sulfide) groups is 1. The molecule has 0 fully saturated rings. The van der Waals surface area contributed by atoms with Crippen molar-refractivity contribution in [3.8, 4) is 0 Å². The van der Waals surface area contributed by atoms with Gasteiger partial charge in [-0.3, -0.25) is 24.0 Å². The molecule has 4 amide bonds. The van der Waals surface area contributed by atoms with Gasteiger partial charge >= 0.3 is 0 Å². The number of ether oxygens (including phenoxy) is 1. The number of benzene rings is 1. The first-order valence-electron chi connectivity index (χ1n) is 14.0. The Labute approximate surface area is 254 Å². The molecule has 0 saturated carbocycles. The van der Waals surface area contributed by atoms with E-state index in [-0.39, 0.29) is 54.2 Å². The molecular formula is C29H43BN4O7S. The van der Waals surface area contributed by atoms with Gasteiger partial charge in [0.25, 0.3) is 0 Å². The standard InChI is InChI=1S/C29H43BN4O7S/c1-19(2)27(28(39)31-16-25(37)32-22-12-10-21(11-13-22)18-41-29(30)40)33-24(36)9-7-6-8-14-34(5)26(38)15-23(17-35)42-20(3)4/h10-13,17,19-20,23,27H,6-9,14-16,18H2,1-5H3,(H,31,39)(H,32,37)(H,33,36). The average molecular weight is 603 g/mol. The molecule has 0 aliphatic rings. The van der Waals surface area contributed by atoms with Crippen molar-refractivity contribution in [1.82, 2.24) is 15.5 Å². The molecule has 1 aromatic carbocycles. The number of amides is 4. The molecule has 13 heteroatoms. The minimum absolute atomic E-state index is 0.0160. The molecular weight excluding hydrogens is 559 g/mol. The fourth-order valence-electron chi connectivity index (χ4n) is 3.84. The lowest BCUT2D eigenvalue weighted by atomic mass is 10.0. The Balaban J connectivity index is 2.38. The van der Waals surface area contributed by atoms with E-state index in [1.54, 1.807) is 50.1 Å². The number of anilines is 1. The van der Waals surface area contributed by atoms with E-state index in [2.05, 4.69) is 16.0 Å². The maximum Gasteiger partial charge on any atom is 0.243 e. The van der Waals surface area contributed by atoms with Crippen LogP contribution in [0.5, 0.6) is 0 Å². The Morgan fingerprint density at radius 3 is 2.24 bits per heavy atom. The van der Waals surface area contributed by atoms with E-state index in [0.29, 0.717) is 30.6 Å². The third-order valence-electron chi connectivity index (χ3n) is 6.11. The molecule has 1 rings (SSSR count). The van der Waals surface area contributed by atoms with Gasteiger partial charge in [0.1, 0.15) is 18.9 Å². The Hall–Kier alpha value is -3.35. The van der Waals surface area contributed by atoms with Gasteiger partial charge in [0, 0.05) is 32.1 Å². The molecule has 3 N–H and O–H groups in total. The van der Waals surface area contributed by atoms with Crippen molar-refractivity contribution in [3.63, 3.8) is 0 Å². The first-order valence-corrected chi connectivity index (χ1v) is 15.0. The summed E-state index contributed by atoms with van der Waals surface area (Å²) in [4.78, 5) is 73.4. The van der Waals surface area contributed by atoms with E-state index in [9.17, 15) is 28.8 Å². The zero-order chi connectivity index (χ0) is 31.7. The largest absolute Gasteiger partial charge is 0.470 e. The normalized spacial score (nSPS) is 12.3. The van der Waals surface area contributed by atoms with Crippen molar-refractivity contribution >= 4 is 61.1 Å². The molecule has 0 aliphatic heterocycles. The van der Waals surface area contributed by atoms with Crippen LogP contribution in [0.25, 0.3) is 0 Å². The fourth-order valence-corrected chi connectivity index (χ4v) is 4.85. The molecule has 2 atom stereocenters. The van der Waals surface area contributed by atoms with E-state index in [1.807, 2.05) is 13.8 Å². The van der Waals surface area contributed by atoms with Crippen molar-refractivity contribution in [1.29, 1.82) is 0 Å². The van der Waals surface area contributed by atoms with Crippen LogP contribution in [0, 0.1) is 5.92 Å². The first-order chi connectivity index (χ1) is 19.8. The van der Waals surface area contributed by atoms with E-state index in [4.69, 9.17) is 12.6 Å². The lowest BCUT2D eigenvalue weighted by Gasteiger charge is -2.22. The Morgan fingerprint density at radius 1 is 1.00 bits per heavy atom. The maximum absolute atomic E-state index is 12.7. The molecule has 0 spiro atoms. The minimum atomic E-state index is -0.880. The topological polar surface area (TPSA) is 151 Å². The number of unbranched alkanes of at least 4 members (excludes halogenated alkanes) is 2. The molecule has 1 aromatic rings. The monoisotopic (exact) mass is 602 g/mol. The smallest absolute Gasteiger partial charge is 0.243 e. The molecule has 0 saturated heterocycles. The summed E-state index contributed by atoms with van der Waals surface area (Å²) in [5.41, 5.74) is 1.19. The molecule has 0 aromatic heterocycles. The van der Waals surface area contributed by atoms with Crippen molar-refractivity contribution < 1.29 is 33.5 Å². The van der Waals surface area contributed by atoms with Crippen molar-refractivity contribution in [2.24, 2.45) is 5.92 Å². The number of rotatable bonds is 19. The molecule has 0 heterocycles. The van der Waals surface area contributed by atoms with Gasteiger partial charge in [-0.2, -0.15) is 0 Å². The number of hydrogen-bond donors (Lipinski definition) is 3. The molecule has 11 nitrogen and oxygen atoms in total. The first kappa shape index (κ1) is 36.7. The van der Waals surface area contributed by atoms with Gasteiger partial charge in [-0.15, -0.1) is 11.8 Å². The van der Waals surface area contributed by atoms with Crippen molar-refractivity contribution in [3.05, 3.63) is 29.8 Å². The summed E-state index contributed by atoms with van der Waals surface area (Å²) in [5.74, 6) is -2.33. The van der Waals surface area contributed by atoms with E-state index >= 15 is 0 Å². The second-order valence-electron chi connectivity index (χ2n) is 10.5. The Bertz CT molecular complexity index is 1050. The van der Waals surface area contributed by atoms with Gasteiger partial charge in [0.15, 0.2) is 0 Å². The van der Waals surface area contributed by atoms with Crippen LogP contribution in [0.2, 0.25) is 0 Å². The van der Waals surface area contributed by atoms with Gasteiger partial charge in [0.05, 0.1) is 11.8 Å². The highest BCUT2D eigenvalue weighted by molar-refractivity contribution is 8.01. The van der Waals surface area contributed by atoms with Gasteiger partial charge in [-0.1, -0.05) is 46.2 Å². The predicted molar refractivity (Wildman–Crippen MR) is 164 cm³/mol. The van der Waals surface area contributed by atoms with Gasteiger partial charge < -0.3 is 30.4 Å². The summed E-state index contributed by atoms with van der Waals surface area (Å²) in [6, 6.07) is 5.79. The highest BCUT2D eigenvalue weighted by Gasteiger charge is 2.24. The second-order valence-corrected chi connectivity index (χ2v) is 12.4. The zero-order valence-corrected chi connectivity index (χ0v) is 26.0. The number of hydrogen-bond acceptors (Lipinski definition) is 8. The summed E-state index contributed by atoms with van der Waals surface area (Å²) in [6.07, 6.45) is 3.26. The summed E-state index contributed by atoms with van der Waals surface area (Å²) in [7, 11) is 6.65. The van der Waals surface area contributed by atoms with Gasteiger partial charge in [0.2, 0.25) is 37.3 Å². The third kappa shape index (κ3) is 15.6. The Morgan fingerprint density at radius 2 is 1.67 bits per heavy atom. The summed E-state index contributed by atoms with van der Waals surface area (Å²) in [5, 5.41) is 7.89. The molecule has 230 valence electrons. The molecule has 2 radical (unpaired) electrons. The van der Waals surface area contributed by atoms with E-state index in [0.717, 1.165) is 12.7 Å². The van der Waals surface area contributed by atoms with Crippen molar-refractivity contribution in [2.45, 2.75) is 82.9 Å². The van der Waals surface area contributed by atoms with Crippen LogP contribution in [0.1, 0.15) is 65.4 Å². The molecule has 2 unspecified atom stereocenters. The van der Waals surface area contributed by atoms with Crippen LogP contribution >= 0.6 is 11.8 Å². The van der Waals surface area contributed by atoms with Crippen LogP contribution in [-0.2, 0) is 35.3 Å².